The Kier molecular flexibility index (Phi) is 5.30. The van der Waals surface area contributed by atoms with Crippen LogP contribution in [0, 0.1) is 19.8 Å². The minimum absolute atomic E-state index is 0.209. The summed E-state index contributed by atoms with van der Waals surface area (Å²) in [4.78, 5) is 25.6. The van der Waals surface area contributed by atoms with Crippen molar-refractivity contribution in [3.63, 3.8) is 0 Å². The number of nitrogens with two attached hydrogens (primary N) is 1. The van der Waals surface area contributed by atoms with Gasteiger partial charge in [-0.25, -0.2) is 9.97 Å². The maximum atomic E-state index is 11.9. The molecule has 1 atom stereocenters. The topological polar surface area (TPSA) is 84.6 Å². The van der Waals surface area contributed by atoms with E-state index in [1.165, 1.54) is 0 Å². The largest absolute Gasteiger partial charge is 0.381 e. The number of rotatable bonds is 3. The van der Waals surface area contributed by atoms with E-state index < -0.39 is 0 Å². The van der Waals surface area contributed by atoms with Gasteiger partial charge in [0.15, 0.2) is 0 Å². The molecule has 3 rings (SSSR count). The first-order valence-corrected chi connectivity index (χ1v) is 8.71. The van der Waals surface area contributed by atoms with Crippen LogP contribution in [-0.2, 0) is 9.53 Å². The number of amides is 1. The normalized spacial score (nSPS) is 23.9. The summed E-state index contributed by atoms with van der Waals surface area (Å²) in [5.41, 5.74) is 7.56. The van der Waals surface area contributed by atoms with Crippen molar-refractivity contribution in [2.45, 2.75) is 32.7 Å². The molecule has 0 radical (unpaired) electrons. The highest BCUT2D eigenvalue weighted by molar-refractivity contribution is 5.77. The summed E-state index contributed by atoms with van der Waals surface area (Å²) in [6, 6.07) is 2.43. The van der Waals surface area contributed by atoms with E-state index in [0.29, 0.717) is 25.1 Å². The number of primary amides is 1. The predicted molar refractivity (Wildman–Crippen MR) is 91.8 cm³/mol. The summed E-state index contributed by atoms with van der Waals surface area (Å²) in [6.45, 7) is 8.53. The van der Waals surface area contributed by atoms with Crippen LogP contribution in [0.4, 0.5) is 5.95 Å². The number of aryl methyl sites for hydroxylation is 2. The Morgan fingerprint density at radius 1 is 1.17 bits per heavy atom. The molecule has 0 spiro atoms. The van der Waals surface area contributed by atoms with Crippen LogP contribution in [0.25, 0.3) is 0 Å². The molecule has 2 aliphatic heterocycles. The molecule has 2 N–H and O–H groups in total. The molecule has 0 saturated carbocycles. The molecule has 1 aromatic heterocycles. The van der Waals surface area contributed by atoms with Crippen molar-refractivity contribution >= 4 is 11.9 Å². The standard InChI is InChI=1S/C17H27N5O2/c1-12-9-13(2)20-17(19-12)22-6-5-21(10-14(11-22)16(18)23)15-3-7-24-8-4-15/h9,14-15H,3-8,10-11H2,1-2H3,(H2,18,23). The first-order chi connectivity index (χ1) is 11.5. The third-order valence-corrected chi connectivity index (χ3v) is 4.92. The van der Waals surface area contributed by atoms with Crippen molar-refractivity contribution in [3.05, 3.63) is 17.5 Å². The number of carbonyl (C=O) groups is 1. The molecule has 1 unspecified atom stereocenters. The highest BCUT2D eigenvalue weighted by Crippen LogP contribution is 2.21. The van der Waals surface area contributed by atoms with E-state index in [-0.39, 0.29) is 11.8 Å². The van der Waals surface area contributed by atoms with Gasteiger partial charge in [-0.15, -0.1) is 0 Å². The second-order valence-corrected chi connectivity index (χ2v) is 6.83. The summed E-state index contributed by atoms with van der Waals surface area (Å²) >= 11 is 0. The van der Waals surface area contributed by atoms with Gasteiger partial charge in [-0.3, -0.25) is 9.69 Å². The van der Waals surface area contributed by atoms with E-state index in [4.69, 9.17) is 10.5 Å². The van der Waals surface area contributed by atoms with Crippen molar-refractivity contribution in [2.75, 3.05) is 44.3 Å². The summed E-state index contributed by atoms with van der Waals surface area (Å²) in [5, 5.41) is 0. The molecule has 24 heavy (non-hydrogen) atoms. The zero-order chi connectivity index (χ0) is 17.1. The number of hydrogen-bond donors (Lipinski definition) is 1. The third-order valence-electron chi connectivity index (χ3n) is 4.92. The molecule has 0 aromatic carbocycles. The van der Waals surface area contributed by atoms with E-state index >= 15 is 0 Å². The number of aromatic nitrogens is 2. The van der Waals surface area contributed by atoms with Gasteiger partial charge in [0.2, 0.25) is 11.9 Å². The minimum atomic E-state index is -0.247. The van der Waals surface area contributed by atoms with Crippen LogP contribution in [0.1, 0.15) is 24.2 Å². The number of nitrogens with zero attached hydrogens (tertiary/aromatic N) is 4. The molecular formula is C17H27N5O2. The van der Waals surface area contributed by atoms with Crippen molar-refractivity contribution < 1.29 is 9.53 Å². The van der Waals surface area contributed by atoms with Crippen LogP contribution in [-0.4, -0.2) is 66.2 Å². The van der Waals surface area contributed by atoms with Crippen LogP contribution in [0.15, 0.2) is 6.07 Å². The highest BCUT2D eigenvalue weighted by atomic mass is 16.5. The zero-order valence-electron chi connectivity index (χ0n) is 14.6. The molecule has 3 heterocycles. The number of hydrogen-bond acceptors (Lipinski definition) is 6. The SMILES string of the molecule is Cc1cc(C)nc(N2CCN(C3CCOCC3)CC(C(N)=O)C2)n1. The number of anilines is 1. The molecule has 2 fully saturated rings. The molecule has 7 heteroatoms. The number of ether oxygens (including phenoxy) is 1. The quantitative estimate of drug-likeness (QED) is 0.867. The van der Waals surface area contributed by atoms with Crippen LogP contribution in [0.2, 0.25) is 0 Å². The molecule has 1 aromatic rings. The highest BCUT2D eigenvalue weighted by Gasteiger charge is 2.31. The van der Waals surface area contributed by atoms with Gasteiger partial charge in [-0.2, -0.15) is 0 Å². The van der Waals surface area contributed by atoms with Crippen molar-refractivity contribution in [2.24, 2.45) is 11.7 Å². The Balaban J connectivity index is 1.79. The monoisotopic (exact) mass is 333 g/mol. The average Bonchev–Trinajstić information content (AvgIpc) is 2.78. The lowest BCUT2D eigenvalue weighted by atomic mass is 10.0. The molecular weight excluding hydrogens is 306 g/mol. The van der Waals surface area contributed by atoms with Crippen LogP contribution in [0.3, 0.4) is 0 Å². The molecule has 2 saturated heterocycles. The van der Waals surface area contributed by atoms with E-state index in [1.807, 2.05) is 19.9 Å². The van der Waals surface area contributed by atoms with Gasteiger partial charge in [0.05, 0.1) is 5.92 Å². The molecule has 7 nitrogen and oxygen atoms in total. The van der Waals surface area contributed by atoms with Crippen molar-refractivity contribution in [1.82, 2.24) is 14.9 Å². The Hall–Kier alpha value is -1.73. The van der Waals surface area contributed by atoms with Gasteiger partial charge in [-0.1, -0.05) is 0 Å². The van der Waals surface area contributed by atoms with Crippen LogP contribution >= 0.6 is 0 Å². The Morgan fingerprint density at radius 3 is 2.46 bits per heavy atom. The van der Waals surface area contributed by atoms with E-state index in [9.17, 15) is 4.79 Å². The predicted octanol–water partition coefficient (Wildman–Crippen LogP) is 0.496. The summed E-state index contributed by atoms with van der Waals surface area (Å²) in [6.07, 6.45) is 2.04. The summed E-state index contributed by atoms with van der Waals surface area (Å²) in [5.74, 6) is 0.246. The Bertz CT molecular complexity index is 568. The van der Waals surface area contributed by atoms with Gasteiger partial charge in [0.25, 0.3) is 0 Å². The minimum Gasteiger partial charge on any atom is -0.381 e. The maximum Gasteiger partial charge on any atom is 0.225 e. The molecule has 0 bridgehead atoms. The van der Waals surface area contributed by atoms with Gasteiger partial charge < -0.3 is 15.4 Å². The van der Waals surface area contributed by atoms with Crippen LogP contribution in [0.5, 0.6) is 0 Å². The zero-order valence-corrected chi connectivity index (χ0v) is 14.6. The smallest absolute Gasteiger partial charge is 0.225 e. The first kappa shape index (κ1) is 17.1. The van der Waals surface area contributed by atoms with E-state index in [1.54, 1.807) is 0 Å². The fourth-order valence-electron chi connectivity index (χ4n) is 3.63. The molecule has 0 aliphatic carbocycles. The van der Waals surface area contributed by atoms with Gasteiger partial charge >= 0.3 is 0 Å². The second-order valence-electron chi connectivity index (χ2n) is 6.83. The van der Waals surface area contributed by atoms with Crippen molar-refractivity contribution in [3.8, 4) is 0 Å². The lowest BCUT2D eigenvalue weighted by molar-refractivity contribution is -0.122. The van der Waals surface area contributed by atoms with Crippen LogP contribution < -0.4 is 10.6 Å². The van der Waals surface area contributed by atoms with Gasteiger partial charge in [0, 0.05) is 56.8 Å². The summed E-state index contributed by atoms with van der Waals surface area (Å²) in [7, 11) is 0. The number of carbonyl (C=O) groups excluding carboxylic acids is 1. The fraction of sp³-hybridized carbons (Fsp3) is 0.706. The first-order valence-electron chi connectivity index (χ1n) is 8.71. The third kappa shape index (κ3) is 4.02. The maximum absolute atomic E-state index is 11.9. The second kappa shape index (κ2) is 7.44. The lowest BCUT2D eigenvalue weighted by Crippen LogP contribution is -2.44. The lowest BCUT2D eigenvalue weighted by Gasteiger charge is -2.34. The van der Waals surface area contributed by atoms with Gasteiger partial charge in [-0.05, 0) is 32.8 Å². The molecule has 2 aliphatic rings. The van der Waals surface area contributed by atoms with E-state index in [0.717, 1.165) is 50.5 Å². The van der Waals surface area contributed by atoms with Gasteiger partial charge in [0.1, 0.15) is 0 Å². The van der Waals surface area contributed by atoms with E-state index in [2.05, 4.69) is 19.8 Å². The summed E-state index contributed by atoms with van der Waals surface area (Å²) < 4.78 is 5.46. The van der Waals surface area contributed by atoms with Crippen molar-refractivity contribution in [1.29, 1.82) is 0 Å². The average molecular weight is 333 g/mol. The fourth-order valence-corrected chi connectivity index (χ4v) is 3.63. The Labute approximate surface area is 143 Å². The molecule has 132 valence electrons. The molecule has 1 amide bonds. The Morgan fingerprint density at radius 2 is 1.83 bits per heavy atom.